The molecule has 0 atom stereocenters. The first-order valence-corrected chi connectivity index (χ1v) is 12.6. The quantitative estimate of drug-likeness (QED) is 0.320. The Hall–Kier alpha value is -2.60. The summed E-state index contributed by atoms with van der Waals surface area (Å²) < 4.78 is 8.44. The summed E-state index contributed by atoms with van der Waals surface area (Å²) in [6, 6.07) is 21.2. The zero-order valence-electron chi connectivity index (χ0n) is 20.1. The van der Waals surface area contributed by atoms with Crippen LogP contribution < -0.4 is 4.74 Å². The maximum Gasteiger partial charge on any atom is 0.147 e. The fourth-order valence-electron chi connectivity index (χ4n) is 5.01. The number of nitrogens with zero attached hydrogens (tertiary/aromatic N) is 4. The lowest BCUT2D eigenvalue weighted by Crippen LogP contribution is -2.42. The second kappa shape index (κ2) is 10.3. The van der Waals surface area contributed by atoms with Crippen LogP contribution in [0.1, 0.15) is 25.1 Å². The lowest BCUT2D eigenvalue weighted by atomic mass is 10.0. The molecule has 1 saturated heterocycles. The van der Waals surface area contributed by atoms with E-state index in [0.717, 1.165) is 42.6 Å². The molecule has 4 aromatic rings. The first-order chi connectivity index (χ1) is 16.6. The van der Waals surface area contributed by atoms with Gasteiger partial charge in [0.1, 0.15) is 18.2 Å². The standard InChI is InChI=1S/C28H33ClN4O/c1-31(2)24-12-16-32(17-13-24)14-5-15-33-27-19-22-7-4-3-6-21(22)18-26(27)30-28(33)20-34-25-10-8-23(29)9-11-25/h3-4,6-11,18-19,24H,5,12-17,20H2,1-2H3. The molecule has 0 N–H and O–H groups in total. The van der Waals surface area contributed by atoms with Crippen LogP contribution in [0.15, 0.2) is 60.7 Å². The zero-order valence-corrected chi connectivity index (χ0v) is 20.8. The fraction of sp³-hybridized carbons (Fsp3) is 0.393. The minimum absolute atomic E-state index is 0.431. The summed E-state index contributed by atoms with van der Waals surface area (Å²) >= 11 is 6.02. The average Bonchev–Trinajstić information content (AvgIpc) is 3.18. The molecule has 3 aromatic carbocycles. The van der Waals surface area contributed by atoms with Gasteiger partial charge in [-0.3, -0.25) is 0 Å². The second-order valence-electron chi connectivity index (χ2n) is 9.50. The molecule has 5 nitrogen and oxygen atoms in total. The average molecular weight is 477 g/mol. The Morgan fingerprint density at radius 3 is 2.38 bits per heavy atom. The maximum atomic E-state index is 6.09. The van der Waals surface area contributed by atoms with Crippen molar-refractivity contribution in [1.82, 2.24) is 19.4 Å². The lowest BCUT2D eigenvalue weighted by Gasteiger charge is -2.35. The second-order valence-corrected chi connectivity index (χ2v) is 9.94. The highest BCUT2D eigenvalue weighted by atomic mass is 35.5. The van der Waals surface area contributed by atoms with Crippen molar-refractivity contribution in [2.24, 2.45) is 0 Å². The van der Waals surface area contributed by atoms with Crippen LogP contribution in [-0.2, 0) is 13.2 Å². The molecule has 6 heteroatoms. The van der Waals surface area contributed by atoms with Gasteiger partial charge >= 0.3 is 0 Å². The van der Waals surface area contributed by atoms with E-state index in [1.165, 1.54) is 42.2 Å². The van der Waals surface area contributed by atoms with Crippen molar-refractivity contribution in [3.05, 3.63) is 71.5 Å². The van der Waals surface area contributed by atoms with Crippen molar-refractivity contribution in [3.8, 4) is 5.75 Å². The largest absolute Gasteiger partial charge is 0.486 e. The van der Waals surface area contributed by atoms with Crippen LogP contribution in [0.25, 0.3) is 21.8 Å². The van der Waals surface area contributed by atoms with Gasteiger partial charge in [0, 0.05) is 17.6 Å². The van der Waals surface area contributed by atoms with Gasteiger partial charge in [-0.2, -0.15) is 0 Å². The van der Waals surface area contributed by atoms with Gasteiger partial charge in [-0.15, -0.1) is 0 Å². The Morgan fingerprint density at radius 2 is 1.68 bits per heavy atom. The van der Waals surface area contributed by atoms with Crippen LogP contribution in [0.2, 0.25) is 5.02 Å². The molecule has 1 aliphatic heterocycles. The topological polar surface area (TPSA) is 33.5 Å². The van der Waals surface area contributed by atoms with Crippen LogP contribution in [0.4, 0.5) is 0 Å². The van der Waals surface area contributed by atoms with Crippen LogP contribution in [0.3, 0.4) is 0 Å². The summed E-state index contributed by atoms with van der Waals surface area (Å²) in [4.78, 5) is 9.96. The summed E-state index contributed by atoms with van der Waals surface area (Å²) in [7, 11) is 4.39. The van der Waals surface area contributed by atoms with E-state index in [-0.39, 0.29) is 0 Å². The highest BCUT2D eigenvalue weighted by Gasteiger charge is 2.20. The molecular weight excluding hydrogens is 444 g/mol. The number of aryl methyl sites for hydroxylation is 1. The minimum Gasteiger partial charge on any atom is -0.486 e. The van der Waals surface area contributed by atoms with Gasteiger partial charge in [0.05, 0.1) is 11.0 Å². The predicted molar refractivity (Wildman–Crippen MR) is 141 cm³/mol. The highest BCUT2D eigenvalue weighted by Crippen LogP contribution is 2.25. The molecule has 1 aromatic heterocycles. The van der Waals surface area contributed by atoms with Gasteiger partial charge in [0.25, 0.3) is 0 Å². The number of hydrogen-bond acceptors (Lipinski definition) is 4. The molecule has 0 spiro atoms. The van der Waals surface area contributed by atoms with Gasteiger partial charge in [0.2, 0.25) is 0 Å². The number of hydrogen-bond donors (Lipinski definition) is 0. The van der Waals surface area contributed by atoms with E-state index < -0.39 is 0 Å². The van der Waals surface area contributed by atoms with E-state index in [0.29, 0.717) is 11.6 Å². The van der Waals surface area contributed by atoms with E-state index in [2.05, 4.69) is 64.9 Å². The lowest BCUT2D eigenvalue weighted by molar-refractivity contribution is 0.142. The SMILES string of the molecule is CN(C)C1CCN(CCCn2c(COc3ccc(Cl)cc3)nc3cc4ccccc4cc32)CC1. The van der Waals surface area contributed by atoms with Gasteiger partial charge in [0.15, 0.2) is 0 Å². The van der Waals surface area contributed by atoms with Gasteiger partial charge in [-0.25, -0.2) is 4.98 Å². The third-order valence-corrected chi connectivity index (χ3v) is 7.27. The number of ether oxygens (including phenoxy) is 1. The van der Waals surface area contributed by atoms with Gasteiger partial charge in [-0.05, 0) is 100 Å². The molecule has 2 heterocycles. The zero-order chi connectivity index (χ0) is 23.5. The molecule has 1 fully saturated rings. The number of aromatic nitrogens is 2. The molecule has 5 rings (SSSR count). The number of benzene rings is 3. The van der Waals surface area contributed by atoms with Crippen LogP contribution in [0.5, 0.6) is 5.75 Å². The molecule has 0 unspecified atom stereocenters. The Labute approximate surface area is 206 Å². The first kappa shape index (κ1) is 23.2. The molecule has 0 radical (unpaired) electrons. The summed E-state index contributed by atoms with van der Waals surface area (Å²) in [5, 5.41) is 3.17. The third-order valence-electron chi connectivity index (χ3n) is 7.02. The van der Waals surface area contributed by atoms with Crippen LogP contribution in [-0.4, -0.2) is 59.1 Å². The minimum atomic E-state index is 0.431. The fourth-order valence-corrected chi connectivity index (χ4v) is 5.14. The number of likely N-dealkylation sites (tertiary alicyclic amines) is 1. The van der Waals surface area contributed by atoms with Gasteiger partial charge in [-0.1, -0.05) is 35.9 Å². The van der Waals surface area contributed by atoms with Crippen molar-refractivity contribution in [1.29, 1.82) is 0 Å². The maximum absolute atomic E-state index is 6.09. The molecule has 0 aliphatic carbocycles. The van der Waals surface area contributed by atoms with E-state index >= 15 is 0 Å². The molecule has 34 heavy (non-hydrogen) atoms. The molecule has 178 valence electrons. The smallest absolute Gasteiger partial charge is 0.147 e. The third kappa shape index (κ3) is 5.22. The summed E-state index contributed by atoms with van der Waals surface area (Å²) in [5.74, 6) is 1.77. The van der Waals surface area contributed by atoms with E-state index in [9.17, 15) is 0 Å². The van der Waals surface area contributed by atoms with Crippen LogP contribution in [0, 0.1) is 0 Å². The molecular formula is C28H33ClN4O. The monoisotopic (exact) mass is 476 g/mol. The number of halogens is 1. The number of fused-ring (bicyclic) bond motifs is 2. The van der Waals surface area contributed by atoms with Crippen molar-refractivity contribution < 1.29 is 4.74 Å². The van der Waals surface area contributed by atoms with E-state index in [4.69, 9.17) is 21.3 Å². The molecule has 1 aliphatic rings. The van der Waals surface area contributed by atoms with Crippen LogP contribution >= 0.6 is 11.6 Å². The predicted octanol–water partition coefficient (Wildman–Crippen LogP) is 5.84. The Morgan fingerprint density at radius 1 is 0.971 bits per heavy atom. The van der Waals surface area contributed by atoms with E-state index in [1.807, 2.05) is 24.3 Å². The van der Waals surface area contributed by atoms with Gasteiger partial charge < -0.3 is 19.1 Å². The molecule has 0 bridgehead atoms. The summed E-state index contributed by atoms with van der Waals surface area (Å²) in [6.45, 7) is 4.85. The number of piperidine rings is 1. The van der Waals surface area contributed by atoms with E-state index in [1.54, 1.807) is 0 Å². The molecule has 0 saturated carbocycles. The highest BCUT2D eigenvalue weighted by molar-refractivity contribution is 6.30. The summed E-state index contributed by atoms with van der Waals surface area (Å²) in [5.41, 5.74) is 2.21. The first-order valence-electron chi connectivity index (χ1n) is 12.2. The summed E-state index contributed by atoms with van der Waals surface area (Å²) in [6.07, 6.45) is 3.61. The van der Waals surface area contributed by atoms with Crippen molar-refractivity contribution in [2.45, 2.75) is 38.5 Å². The van der Waals surface area contributed by atoms with Crippen molar-refractivity contribution >= 4 is 33.4 Å². The Bertz CT molecular complexity index is 1240. The van der Waals surface area contributed by atoms with Crippen molar-refractivity contribution in [2.75, 3.05) is 33.7 Å². The van der Waals surface area contributed by atoms with Crippen molar-refractivity contribution in [3.63, 3.8) is 0 Å². The Balaban J connectivity index is 1.33. The number of imidazole rings is 1. The Kier molecular flexibility index (Phi) is 7.05. The normalized spacial score (nSPS) is 15.5. The number of rotatable bonds is 8. The molecule has 0 amide bonds.